The highest BCUT2D eigenvalue weighted by atomic mass is 79.9. The maximum Gasteiger partial charge on any atom is 0.410 e. The molecule has 0 bridgehead atoms. The van der Waals surface area contributed by atoms with Crippen LogP contribution in [0.2, 0.25) is 0 Å². The van der Waals surface area contributed by atoms with E-state index in [1.165, 1.54) is 0 Å². The molecule has 6 nitrogen and oxygen atoms in total. The fraction of sp³-hybridized carbons (Fsp3) is 0.692. The van der Waals surface area contributed by atoms with E-state index in [1.54, 1.807) is 11.1 Å². The van der Waals surface area contributed by atoms with E-state index in [0.29, 0.717) is 13.1 Å². The molecule has 1 amide bonds. The number of rotatable bonds is 2. The van der Waals surface area contributed by atoms with Gasteiger partial charge in [0, 0.05) is 32.4 Å². The molecule has 1 aromatic heterocycles. The molecule has 1 saturated heterocycles. The van der Waals surface area contributed by atoms with Crippen LogP contribution in [0.15, 0.2) is 16.9 Å². The maximum atomic E-state index is 11.9. The molecule has 0 aliphatic carbocycles. The summed E-state index contributed by atoms with van der Waals surface area (Å²) in [5.41, 5.74) is -0.435. The third-order valence-corrected chi connectivity index (χ3v) is 3.38. The molecular weight excluding hydrogens is 324 g/mol. The molecule has 1 aliphatic heterocycles. The van der Waals surface area contributed by atoms with Crippen LogP contribution in [0.5, 0.6) is 0 Å². The molecule has 20 heavy (non-hydrogen) atoms. The fourth-order valence-electron chi connectivity index (χ4n) is 2.02. The molecular formula is C13H21BrN4O2. The molecule has 1 aromatic rings. The van der Waals surface area contributed by atoms with Crippen LogP contribution in [-0.2, 0) is 11.4 Å². The van der Waals surface area contributed by atoms with Gasteiger partial charge in [-0.1, -0.05) is 0 Å². The standard InChI is InChI=1S/C13H21BrN4O2/c1-13(2,3)20-12(19)17-6-4-16(5-7-17)10-18-9-11(14)8-15-18/h8-9H,4-7,10H2,1-3H3. The number of halogens is 1. The van der Waals surface area contributed by atoms with Crippen molar-refractivity contribution < 1.29 is 9.53 Å². The van der Waals surface area contributed by atoms with Gasteiger partial charge in [-0.3, -0.25) is 9.58 Å². The summed E-state index contributed by atoms with van der Waals surface area (Å²) in [6.45, 7) is 9.44. The van der Waals surface area contributed by atoms with Crippen molar-refractivity contribution in [2.75, 3.05) is 26.2 Å². The lowest BCUT2D eigenvalue weighted by atomic mass is 10.2. The molecule has 0 atom stereocenters. The summed E-state index contributed by atoms with van der Waals surface area (Å²) < 4.78 is 8.24. The monoisotopic (exact) mass is 344 g/mol. The predicted molar refractivity (Wildman–Crippen MR) is 79.3 cm³/mol. The van der Waals surface area contributed by atoms with Gasteiger partial charge < -0.3 is 9.64 Å². The van der Waals surface area contributed by atoms with Gasteiger partial charge in [-0.15, -0.1) is 0 Å². The van der Waals surface area contributed by atoms with Gasteiger partial charge in [0.2, 0.25) is 0 Å². The first-order valence-electron chi connectivity index (χ1n) is 6.72. The lowest BCUT2D eigenvalue weighted by Crippen LogP contribution is -2.50. The number of aromatic nitrogens is 2. The van der Waals surface area contributed by atoms with Gasteiger partial charge in [-0.05, 0) is 36.7 Å². The molecule has 0 N–H and O–H groups in total. The van der Waals surface area contributed by atoms with Crippen LogP contribution < -0.4 is 0 Å². The first-order chi connectivity index (χ1) is 9.33. The minimum atomic E-state index is -0.435. The van der Waals surface area contributed by atoms with E-state index in [4.69, 9.17) is 4.74 Å². The zero-order valence-corrected chi connectivity index (χ0v) is 13.8. The zero-order valence-electron chi connectivity index (χ0n) is 12.2. The number of piperazine rings is 1. The first kappa shape index (κ1) is 15.3. The summed E-state index contributed by atoms with van der Waals surface area (Å²) in [5.74, 6) is 0. The summed E-state index contributed by atoms with van der Waals surface area (Å²) in [6.07, 6.45) is 3.50. The van der Waals surface area contributed by atoms with E-state index < -0.39 is 5.60 Å². The van der Waals surface area contributed by atoms with Crippen LogP contribution in [0.3, 0.4) is 0 Å². The largest absolute Gasteiger partial charge is 0.444 e. The number of carbonyl (C=O) groups is 1. The maximum absolute atomic E-state index is 11.9. The Morgan fingerprint density at radius 2 is 2.00 bits per heavy atom. The van der Waals surface area contributed by atoms with Crippen LogP contribution in [0.1, 0.15) is 20.8 Å². The molecule has 0 spiro atoms. The van der Waals surface area contributed by atoms with Crippen molar-refractivity contribution in [2.24, 2.45) is 0 Å². The van der Waals surface area contributed by atoms with Gasteiger partial charge in [0.25, 0.3) is 0 Å². The van der Waals surface area contributed by atoms with Gasteiger partial charge in [-0.2, -0.15) is 5.10 Å². The second-order valence-corrected chi connectivity index (χ2v) is 6.84. The summed E-state index contributed by atoms with van der Waals surface area (Å²) in [6, 6.07) is 0. The lowest BCUT2D eigenvalue weighted by molar-refractivity contribution is 0.0114. The Morgan fingerprint density at radius 1 is 1.35 bits per heavy atom. The van der Waals surface area contributed by atoms with Crippen molar-refractivity contribution in [3.63, 3.8) is 0 Å². The molecule has 2 rings (SSSR count). The Kier molecular flexibility index (Phi) is 4.70. The number of nitrogens with zero attached hydrogens (tertiary/aromatic N) is 4. The van der Waals surface area contributed by atoms with Crippen LogP contribution in [-0.4, -0.2) is 57.5 Å². The van der Waals surface area contributed by atoms with E-state index in [1.807, 2.05) is 31.6 Å². The Balaban J connectivity index is 1.79. The van der Waals surface area contributed by atoms with Crippen LogP contribution in [0, 0.1) is 0 Å². The number of ether oxygens (including phenoxy) is 1. The minimum Gasteiger partial charge on any atom is -0.444 e. The fourth-order valence-corrected chi connectivity index (χ4v) is 2.35. The molecule has 7 heteroatoms. The van der Waals surface area contributed by atoms with Crippen molar-refractivity contribution in [2.45, 2.75) is 33.0 Å². The molecule has 0 saturated carbocycles. The van der Waals surface area contributed by atoms with E-state index in [2.05, 4.69) is 25.9 Å². The van der Waals surface area contributed by atoms with Crippen molar-refractivity contribution in [1.82, 2.24) is 19.6 Å². The lowest BCUT2D eigenvalue weighted by Gasteiger charge is -2.35. The first-order valence-corrected chi connectivity index (χ1v) is 7.51. The van der Waals surface area contributed by atoms with Crippen molar-refractivity contribution in [3.05, 3.63) is 16.9 Å². The second-order valence-electron chi connectivity index (χ2n) is 5.92. The third kappa shape index (κ3) is 4.49. The number of carbonyl (C=O) groups excluding carboxylic acids is 1. The summed E-state index contributed by atoms with van der Waals surface area (Å²) >= 11 is 3.38. The van der Waals surface area contributed by atoms with Gasteiger partial charge in [0.15, 0.2) is 0 Å². The van der Waals surface area contributed by atoms with Crippen LogP contribution in [0.25, 0.3) is 0 Å². The quantitative estimate of drug-likeness (QED) is 0.824. The van der Waals surface area contributed by atoms with E-state index in [9.17, 15) is 4.79 Å². The topological polar surface area (TPSA) is 50.6 Å². The average molecular weight is 345 g/mol. The molecule has 0 radical (unpaired) electrons. The summed E-state index contributed by atoms with van der Waals surface area (Å²) in [4.78, 5) is 16.0. The zero-order chi connectivity index (χ0) is 14.8. The molecule has 0 unspecified atom stereocenters. The van der Waals surface area contributed by atoms with E-state index >= 15 is 0 Å². The molecule has 112 valence electrons. The molecule has 1 aliphatic rings. The van der Waals surface area contributed by atoms with Gasteiger partial charge in [0.1, 0.15) is 5.60 Å². The Labute approximate surface area is 127 Å². The van der Waals surface area contributed by atoms with Crippen molar-refractivity contribution in [3.8, 4) is 0 Å². The van der Waals surface area contributed by atoms with Crippen molar-refractivity contribution >= 4 is 22.0 Å². The van der Waals surface area contributed by atoms with Gasteiger partial charge in [-0.25, -0.2) is 4.79 Å². The smallest absolute Gasteiger partial charge is 0.410 e. The highest BCUT2D eigenvalue weighted by Crippen LogP contribution is 2.12. The van der Waals surface area contributed by atoms with Gasteiger partial charge >= 0.3 is 6.09 Å². The predicted octanol–water partition coefficient (Wildman–Crippen LogP) is 2.16. The summed E-state index contributed by atoms with van der Waals surface area (Å²) in [5, 5.41) is 4.24. The van der Waals surface area contributed by atoms with E-state index in [-0.39, 0.29) is 6.09 Å². The highest BCUT2D eigenvalue weighted by molar-refractivity contribution is 9.10. The third-order valence-electron chi connectivity index (χ3n) is 2.97. The molecule has 0 aromatic carbocycles. The Hall–Kier alpha value is -1.08. The number of hydrogen-bond acceptors (Lipinski definition) is 4. The number of amides is 1. The molecule has 1 fully saturated rings. The van der Waals surface area contributed by atoms with Gasteiger partial charge in [0.05, 0.1) is 17.3 Å². The second kappa shape index (κ2) is 6.13. The van der Waals surface area contributed by atoms with Crippen molar-refractivity contribution in [1.29, 1.82) is 0 Å². The summed E-state index contributed by atoms with van der Waals surface area (Å²) in [7, 11) is 0. The molecule has 2 heterocycles. The van der Waals surface area contributed by atoms with Crippen LogP contribution in [0.4, 0.5) is 4.79 Å². The average Bonchev–Trinajstić information content (AvgIpc) is 2.73. The SMILES string of the molecule is CC(C)(C)OC(=O)N1CCN(Cn2cc(Br)cn2)CC1. The minimum absolute atomic E-state index is 0.223. The Bertz CT molecular complexity index is 461. The highest BCUT2D eigenvalue weighted by Gasteiger charge is 2.25. The number of hydrogen-bond donors (Lipinski definition) is 0. The van der Waals surface area contributed by atoms with E-state index in [0.717, 1.165) is 24.2 Å². The Morgan fingerprint density at radius 3 is 2.50 bits per heavy atom. The normalized spacial score (nSPS) is 17.3. The van der Waals surface area contributed by atoms with Crippen LogP contribution >= 0.6 is 15.9 Å².